The molecule has 2 heterocycles. The number of rotatable bonds is 5. The zero-order valence-electron chi connectivity index (χ0n) is 14.5. The lowest BCUT2D eigenvalue weighted by Gasteiger charge is -2.35. The molecule has 10 heteroatoms. The first kappa shape index (κ1) is 18.9. The van der Waals surface area contributed by atoms with Crippen molar-refractivity contribution < 1.29 is 18.3 Å². The smallest absolute Gasteiger partial charge is 0.409 e. The fraction of sp³-hybridized carbons (Fsp3) is 0.667. The molecule has 0 spiro atoms. The monoisotopic (exact) mass is 358 g/mol. The second-order valence-corrected chi connectivity index (χ2v) is 5.37. The summed E-state index contributed by atoms with van der Waals surface area (Å²) in [6.07, 6.45) is 2.26. The minimum atomic E-state index is -2.64. The zero-order chi connectivity index (χ0) is 18.2. The van der Waals surface area contributed by atoms with Gasteiger partial charge in [-0.1, -0.05) is 0 Å². The van der Waals surface area contributed by atoms with E-state index < -0.39 is 6.55 Å². The molecule has 140 valence electrons. The van der Waals surface area contributed by atoms with Crippen LogP contribution in [-0.2, 0) is 11.3 Å². The van der Waals surface area contributed by atoms with Crippen LogP contribution in [0.4, 0.5) is 13.6 Å². The number of nitrogens with zero attached hydrogens (tertiary/aromatic N) is 5. The average Bonchev–Trinajstić information content (AvgIpc) is 3.08. The van der Waals surface area contributed by atoms with Crippen molar-refractivity contribution in [2.75, 3.05) is 39.3 Å². The second kappa shape index (κ2) is 9.19. The topological polar surface area (TPSA) is 75.0 Å². The molecule has 1 amide bonds. The molecule has 0 radical (unpaired) electrons. The van der Waals surface area contributed by atoms with E-state index in [0.29, 0.717) is 45.3 Å². The van der Waals surface area contributed by atoms with Gasteiger partial charge in [-0.3, -0.25) is 4.57 Å². The van der Waals surface area contributed by atoms with Crippen molar-refractivity contribution in [3.63, 3.8) is 0 Å². The van der Waals surface area contributed by atoms with Gasteiger partial charge in [-0.2, -0.15) is 8.78 Å². The van der Waals surface area contributed by atoms with E-state index in [9.17, 15) is 13.6 Å². The average molecular weight is 358 g/mol. The van der Waals surface area contributed by atoms with E-state index in [1.165, 1.54) is 12.4 Å². The van der Waals surface area contributed by atoms with Crippen molar-refractivity contribution >= 4 is 12.1 Å². The molecule has 0 saturated carbocycles. The minimum Gasteiger partial charge on any atom is -0.450 e. The Bertz CT molecular complexity index is 584. The molecule has 0 aromatic carbocycles. The van der Waals surface area contributed by atoms with Gasteiger partial charge in [-0.15, -0.1) is 0 Å². The summed E-state index contributed by atoms with van der Waals surface area (Å²) in [5.41, 5.74) is 0. The van der Waals surface area contributed by atoms with Gasteiger partial charge in [0.25, 0.3) is 0 Å². The molecule has 0 bridgehead atoms. The SMILES string of the molecule is CCNC(=NCc1nccn1C(F)F)N1CCN(C(=O)OCC)CC1. The van der Waals surface area contributed by atoms with E-state index in [1.54, 1.807) is 11.8 Å². The Labute approximate surface area is 145 Å². The van der Waals surface area contributed by atoms with Crippen molar-refractivity contribution in [1.82, 2.24) is 24.7 Å². The van der Waals surface area contributed by atoms with Gasteiger partial charge < -0.3 is 19.9 Å². The highest BCUT2D eigenvalue weighted by atomic mass is 19.3. The zero-order valence-corrected chi connectivity index (χ0v) is 14.5. The van der Waals surface area contributed by atoms with Gasteiger partial charge in [-0.25, -0.2) is 14.8 Å². The van der Waals surface area contributed by atoms with Crippen LogP contribution < -0.4 is 5.32 Å². The van der Waals surface area contributed by atoms with Gasteiger partial charge in [0.1, 0.15) is 12.4 Å². The van der Waals surface area contributed by atoms with E-state index in [1.807, 2.05) is 11.8 Å². The highest BCUT2D eigenvalue weighted by Crippen LogP contribution is 2.13. The minimum absolute atomic E-state index is 0.0533. The number of ether oxygens (including phenoxy) is 1. The molecule has 0 unspecified atom stereocenters. The van der Waals surface area contributed by atoms with Gasteiger partial charge >= 0.3 is 12.6 Å². The lowest BCUT2D eigenvalue weighted by atomic mass is 10.3. The molecule has 25 heavy (non-hydrogen) atoms. The molecule has 1 saturated heterocycles. The number of guanidine groups is 1. The summed E-state index contributed by atoms with van der Waals surface area (Å²) in [7, 11) is 0. The third-order valence-corrected chi connectivity index (χ3v) is 3.77. The predicted molar refractivity (Wildman–Crippen MR) is 88.5 cm³/mol. The Morgan fingerprint density at radius 1 is 1.32 bits per heavy atom. The number of aliphatic imine (C=N–C) groups is 1. The van der Waals surface area contributed by atoms with Crippen LogP contribution in [0.1, 0.15) is 26.2 Å². The Kier molecular flexibility index (Phi) is 6.96. The maximum Gasteiger partial charge on any atom is 0.409 e. The van der Waals surface area contributed by atoms with Gasteiger partial charge in [0.2, 0.25) is 0 Å². The van der Waals surface area contributed by atoms with Crippen LogP contribution in [0.25, 0.3) is 0 Å². The fourth-order valence-corrected chi connectivity index (χ4v) is 2.53. The fourth-order valence-electron chi connectivity index (χ4n) is 2.53. The Balaban J connectivity index is 1.98. The molecule has 8 nitrogen and oxygen atoms in total. The van der Waals surface area contributed by atoms with Crippen molar-refractivity contribution in [2.45, 2.75) is 26.9 Å². The number of carbonyl (C=O) groups is 1. The van der Waals surface area contributed by atoms with Crippen LogP contribution in [0.5, 0.6) is 0 Å². The molecule has 1 aromatic rings. The van der Waals surface area contributed by atoms with E-state index >= 15 is 0 Å². The summed E-state index contributed by atoms with van der Waals surface area (Å²) in [4.78, 5) is 23.7. The van der Waals surface area contributed by atoms with Gasteiger partial charge in [0.05, 0.1) is 6.61 Å². The van der Waals surface area contributed by atoms with E-state index in [0.717, 1.165) is 4.57 Å². The van der Waals surface area contributed by atoms with Crippen molar-refractivity contribution in [1.29, 1.82) is 0 Å². The number of nitrogens with one attached hydrogen (secondary N) is 1. The first-order valence-electron chi connectivity index (χ1n) is 8.31. The highest BCUT2D eigenvalue weighted by molar-refractivity contribution is 5.80. The van der Waals surface area contributed by atoms with E-state index in [4.69, 9.17) is 4.74 Å². The van der Waals surface area contributed by atoms with Crippen molar-refractivity contribution in [3.8, 4) is 0 Å². The van der Waals surface area contributed by atoms with Crippen LogP contribution >= 0.6 is 0 Å². The predicted octanol–water partition coefficient (Wildman–Crippen LogP) is 1.52. The largest absolute Gasteiger partial charge is 0.450 e. The quantitative estimate of drug-likeness (QED) is 0.638. The third kappa shape index (κ3) is 5.04. The van der Waals surface area contributed by atoms with Gasteiger partial charge in [0, 0.05) is 45.1 Å². The number of alkyl halides is 2. The van der Waals surface area contributed by atoms with Gasteiger partial charge in [-0.05, 0) is 13.8 Å². The van der Waals surface area contributed by atoms with Crippen LogP contribution in [0, 0.1) is 0 Å². The maximum absolute atomic E-state index is 12.9. The summed E-state index contributed by atoms with van der Waals surface area (Å²) in [5.74, 6) is 0.824. The molecular formula is C15H24F2N6O2. The molecule has 0 atom stereocenters. The summed E-state index contributed by atoms with van der Waals surface area (Å²) < 4.78 is 31.5. The summed E-state index contributed by atoms with van der Waals surface area (Å²) in [6.45, 7) is 4.35. The van der Waals surface area contributed by atoms with Crippen LogP contribution in [-0.4, -0.2) is 70.7 Å². The molecule has 1 aliphatic rings. The molecule has 0 aliphatic carbocycles. The van der Waals surface area contributed by atoms with Crippen LogP contribution in [0.2, 0.25) is 0 Å². The van der Waals surface area contributed by atoms with Crippen LogP contribution in [0.3, 0.4) is 0 Å². The first-order valence-corrected chi connectivity index (χ1v) is 8.31. The van der Waals surface area contributed by atoms with Crippen LogP contribution in [0.15, 0.2) is 17.4 Å². The number of hydrogen-bond acceptors (Lipinski definition) is 4. The molecule has 2 rings (SSSR count). The van der Waals surface area contributed by atoms with E-state index in [2.05, 4.69) is 15.3 Å². The molecule has 1 aromatic heterocycles. The number of hydrogen-bond donors (Lipinski definition) is 1. The molecule has 1 N–H and O–H groups in total. The van der Waals surface area contributed by atoms with Gasteiger partial charge in [0.15, 0.2) is 5.96 Å². The summed E-state index contributed by atoms with van der Waals surface area (Å²) in [5, 5.41) is 3.15. The molecular weight excluding hydrogens is 334 g/mol. The third-order valence-electron chi connectivity index (χ3n) is 3.77. The van der Waals surface area contributed by atoms with Crippen molar-refractivity contribution in [2.24, 2.45) is 4.99 Å². The number of halogens is 2. The number of imidazole rings is 1. The first-order chi connectivity index (χ1) is 12.1. The maximum atomic E-state index is 12.9. The Morgan fingerprint density at radius 3 is 2.60 bits per heavy atom. The Morgan fingerprint density at radius 2 is 2.00 bits per heavy atom. The summed E-state index contributed by atoms with van der Waals surface area (Å²) in [6, 6.07) is 0. The van der Waals surface area contributed by atoms with E-state index in [-0.39, 0.29) is 18.5 Å². The number of amides is 1. The standard InChI is InChI=1S/C15H24F2N6O2/c1-3-18-14(20-11-12-19-5-6-23(12)13(16)17)21-7-9-22(10-8-21)15(24)25-4-2/h5-6,13H,3-4,7-11H2,1-2H3,(H,18,20). The summed E-state index contributed by atoms with van der Waals surface area (Å²) >= 11 is 0. The molecule has 1 aliphatic heterocycles. The number of aromatic nitrogens is 2. The second-order valence-electron chi connectivity index (χ2n) is 5.37. The molecule has 1 fully saturated rings. The van der Waals surface area contributed by atoms with Crippen molar-refractivity contribution in [3.05, 3.63) is 18.2 Å². The lowest BCUT2D eigenvalue weighted by Crippen LogP contribution is -2.53. The number of carbonyl (C=O) groups excluding carboxylic acids is 1. The highest BCUT2D eigenvalue weighted by Gasteiger charge is 2.23. The number of piperazine rings is 1. The normalized spacial score (nSPS) is 15.6. The Hall–Kier alpha value is -2.39. The lowest BCUT2D eigenvalue weighted by molar-refractivity contribution is 0.0671.